The first-order chi connectivity index (χ1) is 9.40. The normalized spacial score (nSPS) is 14.7. The summed E-state index contributed by atoms with van der Waals surface area (Å²) in [6, 6.07) is 12.8. The van der Waals surface area contributed by atoms with Crippen LogP contribution in [0, 0.1) is 0 Å². The average molecular weight is 258 g/mol. The molecule has 0 bridgehead atoms. The highest BCUT2D eigenvalue weighted by atomic mass is 16.5. The van der Waals surface area contributed by atoms with E-state index < -0.39 is 0 Å². The standard InChI is InChI=1S/C15H18N2O2/c1-2-4-12(5-3-1)10-18-11-15-8-14(17-19-15)9-16-13-6-7-13/h1-5,8,13,16H,6-7,9-11H2. The van der Waals surface area contributed by atoms with E-state index in [9.17, 15) is 0 Å². The Balaban J connectivity index is 1.42. The zero-order valence-electron chi connectivity index (χ0n) is 10.8. The maximum Gasteiger partial charge on any atom is 0.162 e. The van der Waals surface area contributed by atoms with Gasteiger partial charge in [0.1, 0.15) is 6.61 Å². The highest BCUT2D eigenvalue weighted by Crippen LogP contribution is 2.19. The van der Waals surface area contributed by atoms with Crippen LogP contribution in [0.4, 0.5) is 0 Å². The Morgan fingerprint density at radius 2 is 2.05 bits per heavy atom. The summed E-state index contributed by atoms with van der Waals surface area (Å²) >= 11 is 0. The van der Waals surface area contributed by atoms with E-state index >= 15 is 0 Å². The first-order valence-electron chi connectivity index (χ1n) is 6.70. The molecule has 2 aromatic rings. The molecule has 0 saturated heterocycles. The van der Waals surface area contributed by atoms with Gasteiger partial charge in [-0.3, -0.25) is 0 Å². The van der Waals surface area contributed by atoms with Gasteiger partial charge in [0.05, 0.1) is 12.3 Å². The van der Waals surface area contributed by atoms with Crippen molar-refractivity contribution in [3.8, 4) is 0 Å². The fourth-order valence-corrected chi connectivity index (χ4v) is 1.89. The Hall–Kier alpha value is -1.65. The van der Waals surface area contributed by atoms with Crippen LogP contribution in [-0.2, 0) is 24.5 Å². The van der Waals surface area contributed by atoms with Gasteiger partial charge in [0, 0.05) is 18.7 Å². The fourth-order valence-electron chi connectivity index (χ4n) is 1.89. The minimum absolute atomic E-state index is 0.464. The van der Waals surface area contributed by atoms with Crippen molar-refractivity contribution in [1.82, 2.24) is 10.5 Å². The third-order valence-electron chi connectivity index (χ3n) is 3.11. The van der Waals surface area contributed by atoms with E-state index in [1.807, 2.05) is 36.4 Å². The van der Waals surface area contributed by atoms with Crippen LogP contribution in [0.15, 0.2) is 40.9 Å². The van der Waals surface area contributed by atoms with Crippen LogP contribution in [0.2, 0.25) is 0 Å². The smallest absolute Gasteiger partial charge is 0.162 e. The zero-order chi connectivity index (χ0) is 12.9. The summed E-state index contributed by atoms with van der Waals surface area (Å²) in [6.07, 6.45) is 2.57. The lowest BCUT2D eigenvalue weighted by atomic mass is 10.2. The van der Waals surface area contributed by atoms with Crippen molar-refractivity contribution in [2.24, 2.45) is 0 Å². The monoisotopic (exact) mass is 258 g/mol. The van der Waals surface area contributed by atoms with Gasteiger partial charge in [-0.2, -0.15) is 0 Å². The molecule has 100 valence electrons. The van der Waals surface area contributed by atoms with E-state index in [-0.39, 0.29) is 0 Å². The lowest BCUT2D eigenvalue weighted by Gasteiger charge is -2.01. The fraction of sp³-hybridized carbons (Fsp3) is 0.400. The number of aromatic nitrogens is 1. The predicted molar refractivity (Wildman–Crippen MR) is 71.3 cm³/mol. The van der Waals surface area contributed by atoms with Crippen molar-refractivity contribution in [2.75, 3.05) is 0 Å². The van der Waals surface area contributed by atoms with Gasteiger partial charge in [0.25, 0.3) is 0 Å². The first-order valence-corrected chi connectivity index (χ1v) is 6.70. The number of hydrogen-bond acceptors (Lipinski definition) is 4. The second-order valence-corrected chi connectivity index (χ2v) is 4.92. The molecule has 1 aliphatic rings. The van der Waals surface area contributed by atoms with Crippen molar-refractivity contribution in [2.45, 2.75) is 38.6 Å². The molecule has 1 heterocycles. The maximum absolute atomic E-state index is 5.60. The van der Waals surface area contributed by atoms with Gasteiger partial charge < -0.3 is 14.6 Å². The number of ether oxygens (including phenoxy) is 1. The van der Waals surface area contributed by atoms with E-state index in [1.165, 1.54) is 12.8 Å². The molecule has 3 rings (SSSR count). The molecule has 1 fully saturated rings. The second-order valence-electron chi connectivity index (χ2n) is 4.92. The highest BCUT2D eigenvalue weighted by molar-refractivity contribution is 5.13. The number of benzene rings is 1. The van der Waals surface area contributed by atoms with Crippen molar-refractivity contribution < 1.29 is 9.26 Å². The minimum Gasteiger partial charge on any atom is -0.369 e. The Morgan fingerprint density at radius 3 is 2.84 bits per heavy atom. The minimum atomic E-state index is 0.464. The number of hydrogen-bond donors (Lipinski definition) is 1. The summed E-state index contributed by atoms with van der Waals surface area (Å²) in [6.45, 7) is 1.84. The largest absolute Gasteiger partial charge is 0.369 e. The molecule has 1 saturated carbocycles. The number of nitrogens with zero attached hydrogens (tertiary/aromatic N) is 1. The summed E-state index contributed by atoms with van der Waals surface area (Å²) < 4.78 is 10.8. The average Bonchev–Trinajstić information content (AvgIpc) is 3.17. The number of nitrogens with one attached hydrogen (secondary N) is 1. The molecule has 19 heavy (non-hydrogen) atoms. The summed E-state index contributed by atoms with van der Waals surface area (Å²) in [4.78, 5) is 0. The van der Waals surface area contributed by atoms with Gasteiger partial charge in [-0.15, -0.1) is 0 Å². The Kier molecular flexibility index (Phi) is 3.91. The van der Waals surface area contributed by atoms with Gasteiger partial charge in [-0.1, -0.05) is 35.5 Å². The third-order valence-corrected chi connectivity index (χ3v) is 3.11. The van der Waals surface area contributed by atoms with Gasteiger partial charge in [-0.05, 0) is 18.4 Å². The topological polar surface area (TPSA) is 47.3 Å². The molecule has 4 heteroatoms. The molecule has 0 atom stereocenters. The lowest BCUT2D eigenvalue weighted by Crippen LogP contribution is -2.15. The quantitative estimate of drug-likeness (QED) is 0.829. The molecule has 1 aliphatic carbocycles. The predicted octanol–water partition coefficient (Wildman–Crippen LogP) is 2.64. The molecule has 0 unspecified atom stereocenters. The summed E-state index contributed by atoms with van der Waals surface area (Å²) in [7, 11) is 0. The van der Waals surface area contributed by atoms with Crippen LogP contribution in [0.3, 0.4) is 0 Å². The zero-order valence-corrected chi connectivity index (χ0v) is 10.8. The SMILES string of the molecule is c1ccc(COCc2cc(CNC3CC3)no2)cc1. The molecule has 1 aromatic carbocycles. The van der Waals surface area contributed by atoms with Crippen LogP contribution >= 0.6 is 0 Å². The van der Waals surface area contributed by atoms with Gasteiger partial charge >= 0.3 is 0 Å². The van der Waals surface area contributed by atoms with E-state index in [4.69, 9.17) is 9.26 Å². The summed E-state index contributed by atoms with van der Waals surface area (Å²) in [5.41, 5.74) is 2.11. The Bertz CT molecular complexity index is 506. The molecule has 0 spiro atoms. The summed E-state index contributed by atoms with van der Waals surface area (Å²) in [5.74, 6) is 0.781. The van der Waals surface area contributed by atoms with Crippen molar-refractivity contribution in [3.05, 3.63) is 53.4 Å². The van der Waals surface area contributed by atoms with Crippen LogP contribution < -0.4 is 5.32 Å². The van der Waals surface area contributed by atoms with E-state index in [1.54, 1.807) is 0 Å². The highest BCUT2D eigenvalue weighted by Gasteiger charge is 2.20. The molecule has 0 aliphatic heterocycles. The van der Waals surface area contributed by atoms with Crippen LogP contribution in [-0.4, -0.2) is 11.2 Å². The van der Waals surface area contributed by atoms with Gasteiger partial charge in [0.15, 0.2) is 5.76 Å². The molecular formula is C15H18N2O2. The van der Waals surface area contributed by atoms with E-state index in [0.29, 0.717) is 19.3 Å². The van der Waals surface area contributed by atoms with Crippen LogP contribution in [0.5, 0.6) is 0 Å². The summed E-state index contributed by atoms with van der Waals surface area (Å²) in [5, 5.41) is 7.43. The maximum atomic E-state index is 5.60. The van der Waals surface area contributed by atoms with Crippen LogP contribution in [0.1, 0.15) is 29.9 Å². The molecular weight excluding hydrogens is 240 g/mol. The Labute approximate surface area is 112 Å². The molecule has 1 aromatic heterocycles. The molecule has 1 N–H and O–H groups in total. The van der Waals surface area contributed by atoms with E-state index in [0.717, 1.165) is 23.6 Å². The molecule has 0 amide bonds. The van der Waals surface area contributed by atoms with E-state index in [2.05, 4.69) is 10.5 Å². The molecule has 0 radical (unpaired) electrons. The van der Waals surface area contributed by atoms with Crippen molar-refractivity contribution in [3.63, 3.8) is 0 Å². The second kappa shape index (κ2) is 5.99. The first kappa shape index (κ1) is 12.4. The van der Waals surface area contributed by atoms with Crippen molar-refractivity contribution in [1.29, 1.82) is 0 Å². The Morgan fingerprint density at radius 1 is 1.21 bits per heavy atom. The van der Waals surface area contributed by atoms with Crippen molar-refractivity contribution >= 4 is 0 Å². The molecule has 4 nitrogen and oxygen atoms in total. The van der Waals surface area contributed by atoms with Gasteiger partial charge in [-0.25, -0.2) is 0 Å². The lowest BCUT2D eigenvalue weighted by molar-refractivity contribution is 0.0883. The van der Waals surface area contributed by atoms with Crippen LogP contribution in [0.25, 0.3) is 0 Å². The van der Waals surface area contributed by atoms with Gasteiger partial charge in [0.2, 0.25) is 0 Å². The third kappa shape index (κ3) is 3.91. The number of rotatable bonds is 7.